The van der Waals surface area contributed by atoms with Gasteiger partial charge in [-0.05, 0) is 11.0 Å². The Hall–Kier alpha value is -2.48. The third-order valence-electron chi connectivity index (χ3n) is 2.50. The van der Waals surface area contributed by atoms with Gasteiger partial charge in [-0.3, -0.25) is 10.1 Å². The molecule has 1 aromatic heterocycles. The number of nitro benzene ring substituents is 1. The maximum Gasteiger partial charge on any atom is 0.350 e. The van der Waals surface area contributed by atoms with Gasteiger partial charge in [0.05, 0.1) is 12.0 Å². The highest BCUT2D eigenvalue weighted by Crippen LogP contribution is 2.33. The number of halogens is 1. The number of benzene rings is 1. The molecule has 0 atom stereocenters. The molecule has 0 aliphatic carbocycles. The molecule has 0 spiro atoms. The number of rotatable bonds is 3. The van der Waals surface area contributed by atoms with Crippen LogP contribution in [0.3, 0.4) is 0 Å². The van der Waals surface area contributed by atoms with Crippen molar-refractivity contribution >= 4 is 23.1 Å². The lowest BCUT2D eigenvalue weighted by Crippen LogP contribution is -1.98. The molecular weight excluding hydrogens is 276 g/mol. The molecule has 0 saturated carbocycles. The molecule has 2 aromatic rings. The lowest BCUT2D eigenvalue weighted by molar-refractivity contribution is -0.391. The van der Waals surface area contributed by atoms with Crippen LogP contribution in [0.1, 0.15) is 0 Å². The minimum absolute atomic E-state index is 0.0349. The number of hydrogen-bond donors (Lipinski definition) is 0. The summed E-state index contributed by atoms with van der Waals surface area (Å²) in [6, 6.07) is 3.93. The molecule has 2 rings (SSSR count). The summed E-state index contributed by atoms with van der Waals surface area (Å²) in [6.07, 6.45) is 1.27. The Morgan fingerprint density at radius 1 is 1.26 bits per heavy atom. The highest BCUT2D eigenvalue weighted by atomic mass is 35.5. The zero-order chi connectivity index (χ0) is 14.2. The van der Waals surface area contributed by atoms with Crippen LogP contribution in [0, 0.1) is 20.2 Å². The lowest BCUT2D eigenvalue weighted by atomic mass is 10.1. The van der Waals surface area contributed by atoms with Gasteiger partial charge < -0.3 is 10.1 Å². The summed E-state index contributed by atoms with van der Waals surface area (Å²) in [4.78, 5) is 24.4. The van der Waals surface area contributed by atoms with Gasteiger partial charge in [0, 0.05) is 11.6 Å². The van der Waals surface area contributed by atoms with Crippen molar-refractivity contribution in [3.05, 3.63) is 49.8 Å². The lowest BCUT2D eigenvalue weighted by Gasteiger charge is -2.01. The zero-order valence-electron chi connectivity index (χ0n) is 9.61. The normalized spacial score (nSPS) is 10.4. The average molecular weight is 283 g/mol. The Morgan fingerprint density at radius 3 is 2.53 bits per heavy atom. The molecule has 0 saturated heterocycles. The van der Waals surface area contributed by atoms with Crippen LogP contribution in [-0.4, -0.2) is 19.4 Å². The van der Waals surface area contributed by atoms with Crippen molar-refractivity contribution in [2.45, 2.75) is 0 Å². The molecular formula is C10H7ClN4O4. The standard InChI is InChI=1S/C10H7ClN4O4/c1-13-5-12-9(10(13)15(18)19)6-2-3-7(11)8(4-6)14(16)17/h2-5H,1H3. The molecule has 0 amide bonds. The van der Waals surface area contributed by atoms with E-state index < -0.39 is 9.85 Å². The van der Waals surface area contributed by atoms with Gasteiger partial charge in [-0.1, -0.05) is 17.7 Å². The summed E-state index contributed by atoms with van der Waals surface area (Å²) in [5, 5.41) is 21.7. The van der Waals surface area contributed by atoms with Crippen LogP contribution in [0.2, 0.25) is 5.02 Å². The highest BCUT2D eigenvalue weighted by molar-refractivity contribution is 6.32. The number of nitro groups is 2. The fraction of sp³-hybridized carbons (Fsp3) is 0.100. The summed E-state index contributed by atoms with van der Waals surface area (Å²) in [5.74, 6) is -0.239. The van der Waals surface area contributed by atoms with Crippen LogP contribution in [0.25, 0.3) is 11.3 Å². The summed E-state index contributed by atoms with van der Waals surface area (Å²) < 4.78 is 1.23. The molecule has 1 aromatic carbocycles. The molecule has 8 nitrogen and oxygen atoms in total. The van der Waals surface area contributed by atoms with E-state index in [4.69, 9.17) is 11.6 Å². The van der Waals surface area contributed by atoms with E-state index in [2.05, 4.69) is 4.98 Å². The van der Waals surface area contributed by atoms with Crippen LogP contribution >= 0.6 is 11.6 Å². The highest BCUT2D eigenvalue weighted by Gasteiger charge is 2.23. The van der Waals surface area contributed by atoms with E-state index in [-0.39, 0.29) is 27.8 Å². The van der Waals surface area contributed by atoms with Crippen molar-refractivity contribution < 1.29 is 9.85 Å². The first-order valence-corrected chi connectivity index (χ1v) is 5.39. The maximum absolute atomic E-state index is 10.9. The second-order valence-electron chi connectivity index (χ2n) is 3.71. The van der Waals surface area contributed by atoms with Crippen LogP contribution in [0.15, 0.2) is 24.5 Å². The first-order valence-electron chi connectivity index (χ1n) is 5.02. The molecule has 19 heavy (non-hydrogen) atoms. The van der Waals surface area contributed by atoms with Gasteiger partial charge in [0.15, 0.2) is 12.0 Å². The van der Waals surface area contributed by atoms with Crippen molar-refractivity contribution in [3.8, 4) is 11.3 Å². The second-order valence-corrected chi connectivity index (χ2v) is 4.12. The Labute approximate surface area is 111 Å². The smallest absolute Gasteiger partial charge is 0.350 e. The van der Waals surface area contributed by atoms with E-state index in [9.17, 15) is 20.2 Å². The number of aromatic nitrogens is 2. The maximum atomic E-state index is 10.9. The Morgan fingerprint density at radius 2 is 1.95 bits per heavy atom. The largest absolute Gasteiger partial charge is 0.358 e. The number of hydrogen-bond acceptors (Lipinski definition) is 5. The first-order chi connectivity index (χ1) is 8.91. The summed E-state index contributed by atoms with van der Waals surface area (Å²) in [6.45, 7) is 0. The van der Waals surface area contributed by atoms with E-state index in [1.54, 1.807) is 0 Å². The molecule has 1 heterocycles. The second kappa shape index (κ2) is 4.65. The van der Waals surface area contributed by atoms with Gasteiger partial charge in [-0.25, -0.2) is 9.55 Å². The molecule has 0 aliphatic heterocycles. The van der Waals surface area contributed by atoms with Crippen LogP contribution < -0.4 is 0 Å². The fourth-order valence-electron chi connectivity index (χ4n) is 1.64. The third-order valence-corrected chi connectivity index (χ3v) is 2.81. The van der Waals surface area contributed by atoms with Gasteiger partial charge in [-0.2, -0.15) is 0 Å². The van der Waals surface area contributed by atoms with E-state index in [1.807, 2.05) is 0 Å². The quantitative estimate of drug-likeness (QED) is 0.635. The molecule has 0 bridgehead atoms. The predicted octanol–water partition coefficient (Wildman–Crippen LogP) is 2.56. The van der Waals surface area contributed by atoms with E-state index in [0.717, 1.165) is 6.07 Å². The van der Waals surface area contributed by atoms with E-state index in [1.165, 1.54) is 30.1 Å². The van der Waals surface area contributed by atoms with Crippen molar-refractivity contribution in [3.63, 3.8) is 0 Å². The Bertz CT molecular complexity index is 682. The number of imidazole rings is 1. The van der Waals surface area contributed by atoms with Crippen LogP contribution in [-0.2, 0) is 7.05 Å². The van der Waals surface area contributed by atoms with Crippen LogP contribution in [0.4, 0.5) is 11.5 Å². The van der Waals surface area contributed by atoms with E-state index >= 15 is 0 Å². The van der Waals surface area contributed by atoms with Gasteiger partial charge in [0.1, 0.15) is 5.02 Å². The Balaban J connectivity index is 2.63. The first kappa shape index (κ1) is 13.0. The van der Waals surface area contributed by atoms with Crippen molar-refractivity contribution in [1.29, 1.82) is 0 Å². The van der Waals surface area contributed by atoms with E-state index in [0.29, 0.717) is 0 Å². The third kappa shape index (κ3) is 2.25. The van der Waals surface area contributed by atoms with Crippen LogP contribution in [0.5, 0.6) is 0 Å². The predicted molar refractivity (Wildman–Crippen MR) is 67.0 cm³/mol. The summed E-state index contributed by atoms with van der Waals surface area (Å²) in [5.41, 5.74) is 0.00906. The SMILES string of the molecule is Cn1cnc(-c2ccc(Cl)c([N+](=O)[O-])c2)c1[N+](=O)[O-]. The molecule has 0 aliphatic rings. The molecule has 0 unspecified atom stereocenters. The van der Waals surface area contributed by atoms with Gasteiger partial charge in [-0.15, -0.1) is 0 Å². The van der Waals surface area contributed by atoms with Crippen molar-refractivity contribution in [2.24, 2.45) is 7.05 Å². The van der Waals surface area contributed by atoms with Gasteiger partial charge in [0.25, 0.3) is 5.69 Å². The number of aryl methyl sites for hydroxylation is 1. The van der Waals surface area contributed by atoms with Crippen molar-refractivity contribution in [1.82, 2.24) is 9.55 Å². The monoisotopic (exact) mass is 282 g/mol. The van der Waals surface area contributed by atoms with Crippen molar-refractivity contribution in [2.75, 3.05) is 0 Å². The molecule has 0 fully saturated rings. The zero-order valence-corrected chi connectivity index (χ0v) is 10.4. The number of nitrogens with zero attached hydrogens (tertiary/aromatic N) is 4. The minimum Gasteiger partial charge on any atom is -0.358 e. The average Bonchev–Trinajstić information content (AvgIpc) is 2.71. The molecule has 98 valence electrons. The topological polar surface area (TPSA) is 104 Å². The summed E-state index contributed by atoms with van der Waals surface area (Å²) >= 11 is 5.69. The molecule has 0 radical (unpaired) electrons. The minimum atomic E-state index is -0.652. The molecule has 0 N–H and O–H groups in total. The Kier molecular flexibility index (Phi) is 3.17. The fourth-order valence-corrected chi connectivity index (χ4v) is 1.83. The molecule has 9 heteroatoms. The van der Waals surface area contributed by atoms with Gasteiger partial charge in [0.2, 0.25) is 0 Å². The summed E-state index contributed by atoms with van der Waals surface area (Å²) in [7, 11) is 1.47. The van der Waals surface area contributed by atoms with Gasteiger partial charge >= 0.3 is 5.82 Å².